The minimum absolute atomic E-state index is 0.134. The Bertz CT molecular complexity index is 1200. The molecular formula is C24H30N4O3S2. The summed E-state index contributed by atoms with van der Waals surface area (Å²) in [5.41, 5.74) is 11.8. The van der Waals surface area contributed by atoms with E-state index < -0.39 is 15.9 Å². The van der Waals surface area contributed by atoms with Crippen LogP contribution in [0.1, 0.15) is 40.4 Å². The molecule has 2 aliphatic heterocycles. The summed E-state index contributed by atoms with van der Waals surface area (Å²) in [4.78, 5) is 14.3. The normalized spacial score (nSPS) is 23.2. The molecule has 0 bridgehead atoms. The molecule has 2 fully saturated rings. The van der Waals surface area contributed by atoms with Crippen molar-refractivity contribution in [3.05, 3.63) is 51.7 Å². The highest BCUT2D eigenvalue weighted by atomic mass is 32.2. The van der Waals surface area contributed by atoms with Crippen molar-refractivity contribution in [1.82, 2.24) is 14.5 Å². The van der Waals surface area contributed by atoms with Gasteiger partial charge in [-0.15, -0.1) is 0 Å². The number of nitrogens with one attached hydrogen (secondary N) is 1. The number of benzene rings is 1. The molecule has 3 aliphatic rings. The number of sulfonamides is 1. The largest absolute Gasteiger partial charge is 0.366 e. The van der Waals surface area contributed by atoms with Crippen molar-refractivity contribution in [2.24, 2.45) is 11.7 Å². The first-order chi connectivity index (χ1) is 15.7. The zero-order valence-corrected chi connectivity index (χ0v) is 20.6. The number of hydrogen-bond acceptors (Lipinski definition) is 6. The van der Waals surface area contributed by atoms with Crippen LogP contribution in [0.3, 0.4) is 0 Å². The zero-order chi connectivity index (χ0) is 23.3. The maximum absolute atomic E-state index is 12.8. The van der Waals surface area contributed by atoms with Crippen LogP contribution in [0, 0.1) is 5.92 Å². The van der Waals surface area contributed by atoms with Gasteiger partial charge in [-0.25, -0.2) is 12.7 Å². The standard InChI is InChI=1S/C24H30N4O3S2/c1-27(2)8-10-33(30,31)28-6-3-15(4-7-28)18-13-21-23(26-21)22-19(18)11-17(12-20(22)24(25)29)16-5-9-32-14-16/h5,9,11-15,21,23,26H,3-4,6-8,10H2,1-2H3,(H2,25,29). The third-order valence-electron chi connectivity index (χ3n) is 6.99. The number of amides is 1. The van der Waals surface area contributed by atoms with Crippen LogP contribution in [-0.2, 0) is 10.0 Å². The third-order valence-corrected chi connectivity index (χ3v) is 9.52. The number of hydrogen-bond donors (Lipinski definition) is 2. The molecule has 3 heterocycles. The molecule has 1 aliphatic carbocycles. The van der Waals surface area contributed by atoms with Crippen LogP contribution >= 0.6 is 11.3 Å². The van der Waals surface area contributed by atoms with Crippen LogP contribution in [0.4, 0.5) is 0 Å². The number of carbonyl (C=O) groups is 1. The SMILES string of the molecule is CN(C)CCS(=O)(=O)N1CCC(C2=CC3NC3c3c(C(N)=O)cc(-c4ccsc4)cc32)CC1. The van der Waals surface area contributed by atoms with Crippen LogP contribution < -0.4 is 11.1 Å². The molecule has 0 saturated carbocycles. The van der Waals surface area contributed by atoms with E-state index in [1.807, 2.05) is 30.4 Å². The predicted octanol–water partition coefficient (Wildman–Crippen LogP) is 2.53. The van der Waals surface area contributed by atoms with Gasteiger partial charge in [-0.3, -0.25) is 4.79 Å². The number of carbonyl (C=O) groups excluding carboxylic acids is 1. The Morgan fingerprint density at radius 3 is 2.64 bits per heavy atom. The Labute approximate surface area is 199 Å². The quantitative estimate of drug-likeness (QED) is 0.585. The number of allylic oxidation sites excluding steroid dienone is 1. The molecule has 2 unspecified atom stereocenters. The number of piperidine rings is 1. The highest BCUT2D eigenvalue weighted by molar-refractivity contribution is 7.89. The Morgan fingerprint density at radius 2 is 2.00 bits per heavy atom. The van der Waals surface area contributed by atoms with E-state index in [0.717, 1.165) is 35.1 Å². The summed E-state index contributed by atoms with van der Waals surface area (Å²) in [7, 11) is 0.525. The van der Waals surface area contributed by atoms with Crippen LogP contribution in [0.25, 0.3) is 16.7 Å². The fourth-order valence-corrected chi connectivity index (χ4v) is 7.38. The monoisotopic (exact) mass is 486 g/mol. The minimum atomic E-state index is -3.25. The van der Waals surface area contributed by atoms with Gasteiger partial charge < -0.3 is 16.0 Å². The van der Waals surface area contributed by atoms with Crippen LogP contribution in [0.2, 0.25) is 0 Å². The number of nitrogens with zero attached hydrogens (tertiary/aromatic N) is 2. The summed E-state index contributed by atoms with van der Waals surface area (Å²) in [5.74, 6) is 0.000214. The molecule has 7 nitrogen and oxygen atoms in total. The van der Waals surface area contributed by atoms with Crippen LogP contribution in [0.15, 0.2) is 35.0 Å². The van der Waals surface area contributed by atoms with Gasteiger partial charge >= 0.3 is 0 Å². The molecular weight excluding hydrogens is 456 g/mol. The smallest absolute Gasteiger partial charge is 0.249 e. The van der Waals surface area contributed by atoms with Gasteiger partial charge in [0.1, 0.15) is 0 Å². The fraction of sp³-hybridized carbons (Fsp3) is 0.458. The van der Waals surface area contributed by atoms with Crippen molar-refractivity contribution in [2.75, 3.05) is 39.5 Å². The molecule has 5 rings (SSSR count). The Kier molecular flexibility index (Phi) is 5.95. The zero-order valence-electron chi connectivity index (χ0n) is 19.0. The van der Waals surface area contributed by atoms with E-state index in [-0.39, 0.29) is 23.8 Å². The van der Waals surface area contributed by atoms with E-state index in [1.54, 1.807) is 15.6 Å². The van der Waals surface area contributed by atoms with Crippen molar-refractivity contribution in [2.45, 2.75) is 24.9 Å². The number of primary amides is 1. The Hall–Kier alpha value is -2.04. The minimum Gasteiger partial charge on any atom is -0.366 e. The lowest BCUT2D eigenvalue weighted by molar-refractivity contribution is 0.0999. The molecule has 3 N–H and O–H groups in total. The summed E-state index contributed by atoms with van der Waals surface area (Å²) < 4.78 is 27.1. The first kappa shape index (κ1) is 22.7. The maximum atomic E-state index is 12.8. The Balaban J connectivity index is 1.43. The van der Waals surface area contributed by atoms with Crippen molar-refractivity contribution in [3.8, 4) is 11.1 Å². The average Bonchev–Trinajstić information content (AvgIpc) is 3.37. The topological polar surface area (TPSA) is 106 Å². The van der Waals surface area contributed by atoms with Gasteiger partial charge in [0.15, 0.2) is 0 Å². The summed E-state index contributed by atoms with van der Waals surface area (Å²) in [6.45, 7) is 1.58. The number of thiophene rings is 1. The molecule has 33 heavy (non-hydrogen) atoms. The highest BCUT2D eigenvalue weighted by Gasteiger charge is 2.45. The van der Waals surface area contributed by atoms with Gasteiger partial charge in [0, 0.05) is 31.2 Å². The van der Waals surface area contributed by atoms with Crippen molar-refractivity contribution in [3.63, 3.8) is 0 Å². The van der Waals surface area contributed by atoms with E-state index in [9.17, 15) is 13.2 Å². The van der Waals surface area contributed by atoms with Gasteiger partial charge in [-0.05, 0) is 89.6 Å². The summed E-state index contributed by atoms with van der Waals surface area (Å²) in [5, 5.41) is 7.58. The molecule has 0 spiro atoms. The number of rotatable bonds is 7. The average molecular weight is 487 g/mol. The van der Waals surface area contributed by atoms with E-state index in [0.29, 0.717) is 25.2 Å². The van der Waals surface area contributed by atoms with Gasteiger partial charge in [0.05, 0.1) is 11.8 Å². The molecule has 2 aromatic rings. The second-order valence-corrected chi connectivity index (χ2v) is 12.3. The Morgan fingerprint density at radius 1 is 1.24 bits per heavy atom. The molecule has 1 aromatic heterocycles. The van der Waals surface area contributed by atoms with Gasteiger partial charge in [0.2, 0.25) is 15.9 Å². The van der Waals surface area contributed by atoms with Crippen LogP contribution in [0.5, 0.6) is 0 Å². The van der Waals surface area contributed by atoms with E-state index in [1.165, 1.54) is 5.57 Å². The molecule has 0 radical (unpaired) electrons. The van der Waals surface area contributed by atoms with Crippen molar-refractivity contribution >= 4 is 32.8 Å². The third kappa shape index (κ3) is 4.40. The molecule has 1 amide bonds. The number of nitrogens with two attached hydrogens (primary N) is 1. The lowest BCUT2D eigenvalue weighted by Crippen LogP contribution is -2.41. The van der Waals surface area contributed by atoms with E-state index in [2.05, 4.69) is 28.9 Å². The number of fused-ring (bicyclic) bond motifs is 3. The second kappa shape index (κ2) is 8.63. The maximum Gasteiger partial charge on any atom is 0.249 e. The summed E-state index contributed by atoms with van der Waals surface area (Å²) in [6, 6.07) is 6.52. The summed E-state index contributed by atoms with van der Waals surface area (Å²) >= 11 is 1.62. The van der Waals surface area contributed by atoms with E-state index in [4.69, 9.17) is 5.73 Å². The molecule has 2 atom stereocenters. The van der Waals surface area contributed by atoms with Gasteiger partial charge in [-0.2, -0.15) is 11.3 Å². The molecule has 1 aromatic carbocycles. The second-order valence-electron chi connectivity index (χ2n) is 9.45. The predicted molar refractivity (Wildman–Crippen MR) is 133 cm³/mol. The first-order valence-corrected chi connectivity index (χ1v) is 13.9. The van der Waals surface area contributed by atoms with Gasteiger partial charge in [0.25, 0.3) is 0 Å². The lowest BCUT2D eigenvalue weighted by atomic mass is 9.77. The first-order valence-electron chi connectivity index (χ1n) is 11.4. The fourth-order valence-electron chi connectivity index (χ4n) is 5.10. The molecule has 176 valence electrons. The van der Waals surface area contributed by atoms with E-state index >= 15 is 0 Å². The molecule has 2 saturated heterocycles. The van der Waals surface area contributed by atoms with Crippen molar-refractivity contribution in [1.29, 1.82) is 0 Å². The van der Waals surface area contributed by atoms with Crippen LogP contribution in [-0.4, -0.2) is 69.1 Å². The molecule has 9 heteroatoms. The lowest BCUT2D eigenvalue weighted by Gasteiger charge is -2.34. The highest BCUT2D eigenvalue weighted by Crippen LogP contribution is 2.48. The summed E-state index contributed by atoms with van der Waals surface area (Å²) in [6.07, 6.45) is 3.84. The van der Waals surface area contributed by atoms with Gasteiger partial charge in [-0.1, -0.05) is 6.08 Å². The van der Waals surface area contributed by atoms with Crippen molar-refractivity contribution < 1.29 is 13.2 Å².